The van der Waals surface area contributed by atoms with Crippen LogP contribution in [0.15, 0.2) is 59.4 Å². The van der Waals surface area contributed by atoms with Crippen molar-refractivity contribution >= 4 is 11.6 Å². The molecule has 142 valence electrons. The second-order valence-corrected chi connectivity index (χ2v) is 6.84. The molecule has 1 aromatic heterocycles. The van der Waals surface area contributed by atoms with Crippen molar-refractivity contribution in [1.29, 1.82) is 0 Å². The summed E-state index contributed by atoms with van der Waals surface area (Å²) in [7, 11) is 1.44. The molecule has 28 heavy (non-hydrogen) atoms. The van der Waals surface area contributed by atoms with E-state index in [0.717, 1.165) is 29.7 Å². The van der Waals surface area contributed by atoms with E-state index >= 15 is 0 Å². The second-order valence-electron chi connectivity index (χ2n) is 6.84. The van der Waals surface area contributed by atoms with Crippen molar-refractivity contribution in [2.75, 3.05) is 18.6 Å². The number of aryl methyl sites for hydroxylation is 2. The Morgan fingerprint density at radius 2 is 1.86 bits per heavy atom. The summed E-state index contributed by atoms with van der Waals surface area (Å²) in [4.78, 5) is 27.6. The first-order chi connectivity index (χ1) is 13.6. The molecule has 6 heteroatoms. The summed E-state index contributed by atoms with van der Waals surface area (Å²) in [5.41, 5.74) is 3.47. The maximum atomic E-state index is 13.4. The molecule has 0 aliphatic carbocycles. The lowest BCUT2D eigenvalue weighted by molar-refractivity contribution is 0.0975. The van der Waals surface area contributed by atoms with Gasteiger partial charge in [-0.1, -0.05) is 35.9 Å². The van der Waals surface area contributed by atoms with Gasteiger partial charge in [-0.2, -0.15) is 9.78 Å². The van der Waals surface area contributed by atoms with Gasteiger partial charge in [-0.3, -0.25) is 9.59 Å². The SMILES string of the molecule is COc1cc(=O)n(-c2ccc(C)cc2)nc1C(=O)N1CCCc2ccccc21. The van der Waals surface area contributed by atoms with E-state index in [1.165, 1.54) is 17.9 Å². The van der Waals surface area contributed by atoms with Crippen LogP contribution in [0.4, 0.5) is 5.69 Å². The van der Waals surface area contributed by atoms with Crippen molar-refractivity contribution in [3.8, 4) is 11.4 Å². The molecule has 0 atom stereocenters. The lowest BCUT2D eigenvalue weighted by Gasteiger charge is -2.29. The smallest absolute Gasteiger partial charge is 0.282 e. The Hall–Kier alpha value is -3.41. The Kier molecular flexibility index (Phi) is 4.69. The number of nitrogens with zero attached hydrogens (tertiary/aromatic N) is 3. The van der Waals surface area contributed by atoms with Crippen LogP contribution in [0.1, 0.15) is 28.0 Å². The number of hydrogen-bond acceptors (Lipinski definition) is 4. The topological polar surface area (TPSA) is 64.4 Å². The molecule has 0 N–H and O–H groups in total. The first-order valence-corrected chi connectivity index (χ1v) is 9.23. The van der Waals surface area contributed by atoms with Crippen LogP contribution in [0.5, 0.6) is 5.75 Å². The molecule has 3 aromatic rings. The number of anilines is 1. The van der Waals surface area contributed by atoms with Gasteiger partial charge in [-0.25, -0.2) is 0 Å². The average molecular weight is 375 g/mol. The van der Waals surface area contributed by atoms with E-state index in [1.807, 2.05) is 43.3 Å². The van der Waals surface area contributed by atoms with E-state index < -0.39 is 0 Å². The predicted octanol–water partition coefficient (Wildman–Crippen LogP) is 3.14. The van der Waals surface area contributed by atoms with Crippen LogP contribution in [0.25, 0.3) is 5.69 Å². The lowest BCUT2D eigenvalue weighted by Crippen LogP contribution is -2.37. The number of hydrogen-bond donors (Lipinski definition) is 0. The zero-order valence-electron chi connectivity index (χ0n) is 15.9. The molecule has 6 nitrogen and oxygen atoms in total. The average Bonchev–Trinajstić information content (AvgIpc) is 2.73. The Labute approximate surface area is 163 Å². The fourth-order valence-corrected chi connectivity index (χ4v) is 3.49. The standard InChI is InChI=1S/C22H21N3O3/c1-15-9-11-17(12-10-15)25-20(26)14-19(28-2)21(23-25)22(27)24-13-5-7-16-6-3-4-8-18(16)24/h3-4,6,8-12,14H,5,7,13H2,1-2H3. The summed E-state index contributed by atoms with van der Waals surface area (Å²) in [5.74, 6) is -0.0914. The highest BCUT2D eigenvalue weighted by Crippen LogP contribution is 2.29. The first-order valence-electron chi connectivity index (χ1n) is 9.23. The van der Waals surface area contributed by atoms with Gasteiger partial charge >= 0.3 is 0 Å². The van der Waals surface area contributed by atoms with Crippen LogP contribution in [0, 0.1) is 6.92 Å². The van der Waals surface area contributed by atoms with Crippen molar-refractivity contribution in [3.05, 3.63) is 81.8 Å². The molecule has 1 aliphatic heterocycles. The molecule has 0 bridgehead atoms. The number of carbonyl (C=O) groups is 1. The largest absolute Gasteiger partial charge is 0.494 e. The second kappa shape index (κ2) is 7.31. The molecule has 0 radical (unpaired) electrons. The van der Waals surface area contributed by atoms with Crippen LogP contribution in [0.3, 0.4) is 0 Å². The molecule has 1 aliphatic rings. The van der Waals surface area contributed by atoms with E-state index in [1.54, 1.807) is 17.0 Å². The van der Waals surface area contributed by atoms with Crippen LogP contribution >= 0.6 is 0 Å². The molecule has 0 fully saturated rings. The number of fused-ring (bicyclic) bond motifs is 1. The minimum atomic E-state index is -0.351. The molecular formula is C22H21N3O3. The predicted molar refractivity (Wildman–Crippen MR) is 108 cm³/mol. The van der Waals surface area contributed by atoms with Crippen LogP contribution in [-0.4, -0.2) is 29.3 Å². The minimum Gasteiger partial charge on any atom is -0.494 e. The van der Waals surface area contributed by atoms with Gasteiger partial charge in [0, 0.05) is 12.2 Å². The Balaban J connectivity index is 1.81. The van der Waals surface area contributed by atoms with E-state index in [0.29, 0.717) is 12.2 Å². The molecule has 0 saturated carbocycles. The molecule has 2 aromatic carbocycles. The van der Waals surface area contributed by atoms with E-state index in [9.17, 15) is 9.59 Å². The zero-order chi connectivity index (χ0) is 19.7. The molecule has 0 saturated heterocycles. The molecule has 1 amide bonds. The summed E-state index contributed by atoms with van der Waals surface area (Å²) in [6.07, 6.45) is 1.82. The van der Waals surface area contributed by atoms with Gasteiger partial charge in [-0.15, -0.1) is 0 Å². The Morgan fingerprint density at radius 1 is 1.11 bits per heavy atom. The Morgan fingerprint density at radius 3 is 2.61 bits per heavy atom. The summed E-state index contributed by atoms with van der Waals surface area (Å²) in [6.45, 7) is 2.57. The van der Waals surface area contributed by atoms with Crippen LogP contribution < -0.4 is 15.2 Å². The number of rotatable bonds is 3. The zero-order valence-corrected chi connectivity index (χ0v) is 15.9. The van der Waals surface area contributed by atoms with Crippen molar-refractivity contribution in [2.24, 2.45) is 0 Å². The molecular weight excluding hydrogens is 354 g/mol. The summed E-state index contributed by atoms with van der Waals surface area (Å²) in [6, 6.07) is 16.6. The van der Waals surface area contributed by atoms with Gasteiger partial charge in [0.05, 0.1) is 18.9 Å². The number of para-hydroxylation sites is 1. The van der Waals surface area contributed by atoms with Gasteiger partial charge in [0.25, 0.3) is 11.5 Å². The van der Waals surface area contributed by atoms with Crippen molar-refractivity contribution in [3.63, 3.8) is 0 Å². The highest BCUT2D eigenvalue weighted by atomic mass is 16.5. The Bertz CT molecular complexity index is 1090. The van der Waals surface area contributed by atoms with Crippen molar-refractivity contribution in [1.82, 2.24) is 9.78 Å². The van der Waals surface area contributed by atoms with Crippen molar-refractivity contribution in [2.45, 2.75) is 19.8 Å². The number of methoxy groups -OCH3 is 1. The fraction of sp³-hybridized carbons (Fsp3) is 0.227. The monoisotopic (exact) mass is 375 g/mol. The summed E-state index contributed by atoms with van der Waals surface area (Å²) >= 11 is 0. The van der Waals surface area contributed by atoms with E-state index in [2.05, 4.69) is 5.10 Å². The van der Waals surface area contributed by atoms with Crippen LogP contribution in [-0.2, 0) is 6.42 Å². The first kappa shape index (κ1) is 18.0. The fourth-order valence-electron chi connectivity index (χ4n) is 3.49. The quantitative estimate of drug-likeness (QED) is 0.705. The number of benzene rings is 2. The number of carbonyl (C=O) groups excluding carboxylic acids is 1. The van der Waals surface area contributed by atoms with Gasteiger partial charge < -0.3 is 9.64 Å². The van der Waals surface area contributed by atoms with Gasteiger partial charge in [0.2, 0.25) is 0 Å². The van der Waals surface area contributed by atoms with Gasteiger partial charge in [0.15, 0.2) is 11.4 Å². The molecule has 0 unspecified atom stereocenters. The van der Waals surface area contributed by atoms with Gasteiger partial charge in [0.1, 0.15) is 0 Å². The molecule has 0 spiro atoms. The lowest BCUT2D eigenvalue weighted by atomic mass is 10.0. The third-order valence-electron chi connectivity index (χ3n) is 4.95. The number of aromatic nitrogens is 2. The third kappa shape index (κ3) is 3.17. The maximum Gasteiger partial charge on any atom is 0.282 e. The third-order valence-corrected chi connectivity index (χ3v) is 4.95. The van der Waals surface area contributed by atoms with E-state index in [4.69, 9.17) is 4.74 Å². The highest BCUT2D eigenvalue weighted by molar-refractivity contribution is 6.07. The molecule has 2 heterocycles. The maximum absolute atomic E-state index is 13.4. The normalized spacial score (nSPS) is 13.1. The highest BCUT2D eigenvalue weighted by Gasteiger charge is 2.27. The van der Waals surface area contributed by atoms with Crippen molar-refractivity contribution < 1.29 is 9.53 Å². The molecule has 4 rings (SSSR count). The van der Waals surface area contributed by atoms with E-state index in [-0.39, 0.29) is 22.9 Å². The van der Waals surface area contributed by atoms with Gasteiger partial charge in [-0.05, 0) is 43.5 Å². The van der Waals surface area contributed by atoms with Crippen LogP contribution in [0.2, 0.25) is 0 Å². The summed E-state index contributed by atoms with van der Waals surface area (Å²) < 4.78 is 6.55. The number of ether oxygens (including phenoxy) is 1. The number of amides is 1. The minimum absolute atomic E-state index is 0.124. The summed E-state index contributed by atoms with van der Waals surface area (Å²) in [5, 5.41) is 4.38.